The summed E-state index contributed by atoms with van der Waals surface area (Å²) in [6, 6.07) is 9.94. The predicted molar refractivity (Wildman–Crippen MR) is 86.2 cm³/mol. The topological polar surface area (TPSA) is 53.9 Å². The highest BCUT2D eigenvalue weighted by Crippen LogP contribution is 2.23. The van der Waals surface area contributed by atoms with Gasteiger partial charge in [-0.15, -0.1) is 0 Å². The Morgan fingerprint density at radius 3 is 2.60 bits per heavy atom. The van der Waals surface area contributed by atoms with Crippen LogP contribution in [0.25, 0.3) is 0 Å². The summed E-state index contributed by atoms with van der Waals surface area (Å²) >= 11 is 9.43. The predicted octanol–water partition coefficient (Wildman–Crippen LogP) is 3.49. The number of alkyl halides is 1. The van der Waals surface area contributed by atoms with Crippen molar-refractivity contribution in [3.8, 4) is 0 Å². The smallest absolute Gasteiger partial charge is 0.236 e. The first-order valence-corrected chi connectivity index (χ1v) is 7.78. The van der Waals surface area contributed by atoms with Gasteiger partial charge in [-0.3, -0.25) is 0 Å². The third kappa shape index (κ3) is 3.80. The summed E-state index contributed by atoms with van der Waals surface area (Å²) in [5.41, 5.74) is 1.01. The van der Waals surface area contributed by atoms with Crippen LogP contribution in [0.2, 0.25) is 5.28 Å². The highest BCUT2D eigenvalue weighted by Gasteiger charge is 2.14. The Morgan fingerprint density at radius 2 is 1.95 bits per heavy atom. The van der Waals surface area contributed by atoms with E-state index in [-0.39, 0.29) is 5.28 Å². The van der Waals surface area contributed by atoms with E-state index in [0.717, 1.165) is 24.1 Å². The summed E-state index contributed by atoms with van der Waals surface area (Å²) in [5.74, 6) is 1.02. The number of nitrogens with one attached hydrogen (secondary N) is 1. The standard InChI is InChI=1S/C13H15BrClN5/c1-2-16-12-17-11(15)18-13(19-12)20(9-8-14)10-6-4-3-5-7-10/h3-7H,2,8-9H2,1H3,(H,16,17,18,19). The second kappa shape index (κ2) is 7.40. The van der Waals surface area contributed by atoms with Crippen LogP contribution in [0.1, 0.15) is 6.92 Å². The van der Waals surface area contributed by atoms with Gasteiger partial charge in [0.1, 0.15) is 0 Å². The van der Waals surface area contributed by atoms with Crippen LogP contribution in [0.4, 0.5) is 17.6 Å². The van der Waals surface area contributed by atoms with Gasteiger partial charge in [0.2, 0.25) is 17.2 Å². The SMILES string of the molecule is CCNc1nc(Cl)nc(N(CCBr)c2ccccc2)n1. The summed E-state index contributed by atoms with van der Waals surface area (Å²) in [6.45, 7) is 3.43. The molecule has 1 aromatic heterocycles. The van der Waals surface area contributed by atoms with Crippen molar-refractivity contribution in [2.24, 2.45) is 0 Å². The van der Waals surface area contributed by atoms with Crippen molar-refractivity contribution >= 4 is 45.1 Å². The Kier molecular flexibility index (Phi) is 5.55. The average Bonchev–Trinajstić information content (AvgIpc) is 2.45. The summed E-state index contributed by atoms with van der Waals surface area (Å²) in [7, 11) is 0. The van der Waals surface area contributed by atoms with Gasteiger partial charge in [-0.1, -0.05) is 34.1 Å². The van der Waals surface area contributed by atoms with E-state index < -0.39 is 0 Å². The van der Waals surface area contributed by atoms with Gasteiger partial charge in [0.05, 0.1) is 0 Å². The van der Waals surface area contributed by atoms with Crippen molar-refractivity contribution in [3.63, 3.8) is 0 Å². The fraction of sp³-hybridized carbons (Fsp3) is 0.308. The maximum Gasteiger partial charge on any atom is 0.236 e. The van der Waals surface area contributed by atoms with Crippen molar-refractivity contribution in [3.05, 3.63) is 35.6 Å². The van der Waals surface area contributed by atoms with E-state index in [4.69, 9.17) is 11.6 Å². The number of nitrogens with zero attached hydrogens (tertiary/aromatic N) is 4. The lowest BCUT2D eigenvalue weighted by atomic mass is 10.3. The molecular weight excluding hydrogens is 342 g/mol. The summed E-state index contributed by atoms with van der Waals surface area (Å²) in [5, 5.41) is 4.03. The zero-order chi connectivity index (χ0) is 14.4. The lowest BCUT2D eigenvalue weighted by molar-refractivity contribution is 0.924. The number of anilines is 3. The van der Waals surface area contributed by atoms with Gasteiger partial charge in [0, 0.05) is 24.1 Å². The quantitative estimate of drug-likeness (QED) is 0.803. The fourth-order valence-corrected chi connectivity index (χ4v) is 2.24. The minimum Gasteiger partial charge on any atom is -0.354 e. The maximum atomic E-state index is 5.98. The van der Waals surface area contributed by atoms with Crippen molar-refractivity contribution in [1.29, 1.82) is 0 Å². The minimum atomic E-state index is 0.182. The van der Waals surface area contributed by atoms with Crippen molar-refractivity contribution in [1.82, 2.24) is 15.0 Å². The van der Waals surface area contributed by atoms with Crippen molar-refractivity contribution < 1.29 is 0 Å². The molecule has 0 spiro atoms. The Balaban J connectivity index is 2.38. The number of aromatic nitrogens is 3. The van der Waals surface area contributed by atoms with Gasteiger partial charge in [-0.2, -0.15) is 15.0 Å². The van der Waals surface area contributed by atoms with E-state index in [9.17, 15) is 0 Å². The third-order valence-electron chi connectivity index (χ3n) is 2.55. The Morgan fingerprint density at radius 1 is 1.20 bits per heavy atom. The van der Waals surface area contributed by atoms with E-state index in [1.165, 1.54) is 0 Å². The molecule has 0 bridgehead atoms. The number of para-hydroxylation sites is 1. The van der Waals surface area contributed by atoms with E-state index in [0.29, 0.717) is 11.9 Å². The summed E-state index contributed by atoms with van der Waals surface area (Å²) < 4.78 is 0. The molecule has 0 aliphatic heterocycles. The lowest BCUT2D eigenvalue weighted by Gasteiger charge is -2.22. The molecule has 0 amide bonds. The number of rotatable bonds is 6. The second-order valence-corrected chi connectivity index (χ2v) is 5.07. The number of hydrogen-bond donors (Lipinski definition) is 1. The minimum absolute atomic E-state index is 0.182. The van der Waals surface area contributed by atoms with Gasteiger partial charge in [0.15, 0.2) is 0 Å². The molecule has 2 rings (SSSR count). The maximum absolute atomic E-state index is 5.98. The van der Waals surface area contributed by atoms with Crippen LogP contribution >= 0.6 is 27.5 Å². The van der Waals surface area contributed by atoms with Crippen LogP contribution in [0, 0.1) is 0 Å². The lowest BCUT2D eigenvalue weighted by Crippen LogP contribution is -2.22. The normalized spacial score (nSPS) is 10.3. The highest BCUT2D eigenvalue weighted by molar-refractivity contribution is 9.09. The van der Waals surface area contributed by atoms with Crippen molar-refractivity contribution in [2.45, 2.75) is 6.92 Å². The molecule has 7 heteroatoms. The average molecular weight is 357 g/mol. The van der Waals surface area contributed by atoms with Crippen LogP contribution in [0.5, 0.6) is 0 Å². The van der Waals surface area contributed by atoms with Crippen LogP contribution in [-0.4, -0.2) is 33.4 Å². The van der Waals surface area contributed by atoms with Gasteiger partial charge in [-0.25, -0.2) is 0 Å². The summed E-state index contributed by atoms with van der Waals surface area (Å²) in [6.07, 6.45) is 0. The second-order valence-electron chi connectivity index (χ2n) is 3.93. The number of benzene rings is 1. The molecule has 1 aromatic carbocycles. The molecule has 5 nitrogen and oxygen atoms in total. The van der Waals surface area contributed by atoms with Crippen LogP contribution in [0.15, 0.2) is 30.3 Å². The van der Waals surface area contributed by atoms with E-state index in [1.54, 1.807) is 0 Å². The first-order valence-electron chi connectivity index (χ1n) is 6.28. The van der Waals surface area contributed by atoms with E-state index >= 15 is 0 Å². The zero-order valence-corrected chi connectivity index (χ0v) is 13.4. The van der Waals surface area contributed by atoms with Gasteiger partial charge in [0.25, 0.3) is 0 Å². The number of halogens is 2. The van der Waals surface area contributed by atoms with E-state index in [2.05, 4.69) is 36.2 Å². The molecule has 0 atom stereocenters. The monoisotopic (exact) mass is 355 g/mol. The molecule has 1 heterocycles. The Labute approximate surface area is 131 Å². The van der Waals surface area contributed by atoms with Gasteiger partial charge >= 0.3 is 0 Å². The van der Waals surface area contributed by atoms with Crippen LogP contribution in [-0.2, 0) is 0 Å². The molecule has 0 aliphatic carbocycles. The Hall–Kier alpha value is -1.40. The molecule has 0 fully saturated rings. The number of hydrogen-bond acceptors (Lipinski definition) is 5. The molecule has 0 unspecified atom stereocenters. The fourth-order valence-electron chi connectivity index (χ4n) is 1.73. The molecule has 0 radical (unpaired) electrons. The summed E-state index contributed by atoms with van der Waals surface area (Å²) in [4.78, 5) is 14.7. The molecule has 1 N–H and O–H groups in total. The highest BCUT2D eigenvalue weighted by atomic mass is 79.9. The molecule has 0 saturated heterocycles. The molecule has 0 aliphatic rings. The molecule has 20 heavy (non-hydrogen) atoms. The van der Waals surface area contributed by atoms with Crippen molar-refractivity contribution in [2.75, 3.05) is 28.6 Å². The Bertz CT molecular complexity index is 552. The van der Waals surface area contributed by atoms with Crippen LogP contribution < -0.4 is 10.2 Å². The van der Waals surface area contributed by atoms with Crippen LogP contribution in [0.3, 0.4) is 0 Å². The van der Waals surface area contributed by atoms with E-state index in [1.807, 2.05) is 42.2 Å². The zero-order valence-electron chi connectivity index (χ0n) is 11.1. The van der Waals surface area contributed by atoms with Gasteiger partial charge in [-0.05, 0) is 30.7 Å². The first-order chi connectivity index (χ1) is 9.74. The first kappa shape index (κ1) is 15.0. The third-order valence-corrected chi connectivity index (χ3v) is 3.07. The molecule has 2 aromatic rings. The molecule has 0 saturated carbocycles. The van der Waals surface area contributed by atoms with Gasteiger partial charge < -0.3 is 10.2 Å². The molecule has 106 valence electrons. The largest absolute Gasteiger partial charge is 0.354 e. The molecular formula is C13H15BrClN5.